The van der Waals surface area contributed by atoms with Crippen LogP contribution in [-0.2, 0) is 21.4 Å². The normalized spacial score (nSPS) is 20.4. The number of hydrogen-bond donors (Lipinski definition) is 0. The van der Waals surface area contributed by atoms with E-state index in [-0.39, 0.29) is 11.4 Å². The van der Waals surface area contributed by atoms with Crippen LogP contribution in [-0.4, -0.2) is 13.1 Å². The van der Waals surface area contributed by atoms with Crippen LogP contribution in [0.4, 0.5) is 0 Å². The van der Waals surface area contributed by atoms with E-state index in [4.69, 9.17) is 4.74 Å². The Morgan fingerprint density at radius 2 is 1.80 bits per heavy atom. The first kappa shape index (κ1) is 12.9. The van der Waals surface area contributed by atoms with E-state index in [2.05, 4.69) is 36.4 Å². The zero-order valence-electron chi connectivity index (χ0n) is 11.6. The summed E-state index contributed by atoms with van der Waals surface area (Å²) < 4.78 is 4.93. The van der Waals surface area contributed by atoms with Crippen LogP contribution in [0, 0.1) is 0 Å². The van der Waals surface area contributed by atoms with Crippen LogP contribution in [0.15, 0.2) is 54.6 Å². The second kappa shape index (κ2) is 5.12. The maximum atomic E-state index is 11.9. The molecule has 1 aliphatic carbocycles. The number of carbonyl (C=O) groups excluding carboxylic acids is 1. The van der Waals surface area contributed by atoms with E-state index in [0.717, 1.165) is 12.8 Å². The minimum atomic E-state index is -0.231. The Labute approximate surface area is 119 Å². The van der Waals surface area contributed by atoms with Gasteiger partial charge < -0.3 is 4.74 Å². The molecule has 0 N–H and O–H groups in total. The number of ether oxygens (including phenoxy) is 1. The monoisotopic (exact) mass is 266 g/mol. The van der Waals surface area contributed by atoms with Gasteiger partial charge >= 0.3 is 5.97 Å². The van der Waals surface area contributed by atoms with Crippen molar-refractivity contribution in [2.24, 2.45) is 0 Å². The molecule has 0 fully saturated rings. The number of carbonyl (C=O) groups is 1. The van der Waals surface area contributed by atoms with Gasteiger partial charge in [-0.3, -0.25) is 4.79 Å². The lowest BCUT2D eigenvalue weighted by molar-refractivity contribution is -0.141. The number of rotatable bonds is 3. The molecule has 0 spiro atoms. The summed E-state index contributed by atoms with van der Waals surface area (Å²) in [6, 6.07) is 18.8. The van der Waals surface area contributed by atoms with E-state index in [9.17, 15) is 4.79 Å². The van der Waals surface area contributed by atoms with Crippen molar-refractivity contribution in [1.82, 2.24) is 0 Å². The van der Waals surface area contributed by atoms with E-state index in [1.807, 2.05) is 18.2 Å². The minimum Gasteiger partial charge on any atom is -0.469 e. The van der Waals surface area contributed by atoms with Crippen molar-refractivity contribution in [1.29, 1.82) is 0 Å². The van der Waals surface area contributed by atoms with Gasteiger partial charge in [-0.2, -0.15) is 0 Å². The summed E-state index contributed by atoms with van der Waals surface area (Å²) in [5.74, 6) is -0.148. The Morgan fingerprint density at radius 1 is 1.10 bits per heavy atom. The van der Waals surface area contributed by atoms with Crippen LogP contribution >= 0.6 is 0 Å². The van der Waals surface area contributed by atoms with E-state index in [0.29, 0.717) is 6.42 Å². The van der Waals surface area contributed by atoms with Crippen molar-refractivity contribution in [3.63, 3.8) is 0 Å². The lowest BCUT2D eigenvalue weighted by Crippen LogP contribution is -2.28. The first-order valence-electron chi connectivity index (χ1n) is 6.97. The van der Waals surface area contributed by atoms with Crippen LogP contribution in [0.1, 0.15) is 29.5 Å². The topological polar surface area (TPSA) is 26.3 Å². The summed E-state index contributed by atoms with van der Waals surface area (Å²) >= 11 is 0. The first-order valence-corrected chi connectivity index (χ1v) is 6.97. The van der Waals surface area contributed by atoms with Crippen LogP contribution < -0.4 is 0 Å². The summed E-state index contributed by atoms with van der Waals surface area (Å²) in [6.07, 6.45) is 2.39. The van der Waals surface area contributed by atoms with Crippen LogP contribution in [0.25, 0.3) is 0 Å². The molecule has 3 rings (SSSR count). The molecule has 2 aromatic carbocycles. The third-order valence-electron chi connectivity index (χ3n) is 4.35. The van der Waals surface area contributed by atoms with Gasteiger partial charge in [0.05, 0.1) is 13.5 Å². The molecular weight excluding hydrogens is 248 g/mol. The number of esters is 1. The molecule has 2 heteroatoms. The maximum Gasteiger partial charge on any atom is 0.306 e. The standard InChI is InChI=1S/C18H18O2/c1-20-17(19)13-18(15-8-3-2-4-9-15)12-11-14-7-5-6-10-16(14)18/h2-10H,11-13H2,1H3. The van der Waals surface area contributed by atoms with Gasteiger partial charge in [-0.05, 0) is 29.5 Å². The Bertz CT molecular complexity index is 618. The van der Waals surface area contributed by atoms with Gasteiger partial charge in [0.2, 0.25) is 0 Å². The fourth-order valence-corrected chi connectivity index (χ4v) is 3.35. The summed E-state index contributed by atoms with van der Waals surface area (Å²) in [5.41, 5.74) is 3.59. The number of hydrogen-bond acceptors (Lipinski definition) is 2. The Hall–Kier alpha value is -2.09. The molecule has 0 heterocycles. The largest absolute Gasteiger partial charge is 0.469 e. The second-order valence-electron chi connectivity index (χ2n) is 5.36. The molecule has 0 aromatic heterocycles. The molecule has 20 heavy (non-hydrogen) atoms. The summed E-state index contributed by atoms with van der Waals surface area (Å²) in [6.45, 7) is 0. The average Bonchev–Trinajstić information content (AvgIpc) is 2.88. The lowest BCUT2D eigenvalue weighted by Gasteiger charge is -2.30. The highest BCUT2D eigenvalue weighted by molar-refractivity contribution is 5.73. The smallest absolute Gasteiger partial charge is 0.306 e. The highest BCUT2D eigenvalue weighted by atomic mass is 16.5. The average molecular weight is 266 g/mol. The van der Waals surface area contributed by atoms with Crippen molar-refractivity contribution in [3.8, 4) is 0 Å². The van der Waals surface area contributed by atoms with E-state index >= 15 is 0 Å². The van der Waals surface area contributed by atoms with Gasteiger partial charge in [-0.15, -0.1) is 0 Å². The SMILES string of the molecule is COC(=O)CC1(c2ccccc2)CCc2ccccc21. The fraction of sp³-hybridized carbons (Fsp3) is 0.278. The van der Waals surface area contributed by atoms with Crippen molar-refractivity contribution < 1.29 is 9.53 Å². The van der Waals surface area contributed by atoms with Gasteiger partial charge in [0.15, 0.2) is 0 Å². The Morgan fingerprint density at radius 3 is 2.55 bits per heavy atom. The number of methoxy groups -OCH3 is 1. The van der Waals surface area contributed by atoms with Crippen LogP contribution in [0.5, 0.6) is 0 Å². The van der Waals surface area contributed by atoms with Crippen molar-refractivity contribution in [3.05, 3.63) is 71.3 Å². The van der Waals surface area contributed by atoms with E-state index < -0.39 is 0 Å². The molecule has 2 aromatic rings. The first-order chi connectivity index (χ1) is 9.76. The maximum absolute atomic E-state index is 11.9. The second-order valence-corrected chi connectivity index (χ2v) is 5.36. The Kier molecular flexibility index (Phi) is 3.31. The predicted octanol–water partition coefficient (Wildman–Crippen LogP) is 3.48. The van der Waals surface area contributed by atoms with Crippen LogP contribution in [0.3, 0.4) is 0 Å². The number of fused-ring (bicyclic) bond motifs is 1. The number of aryl methyl sites for hydroxylation is 1. The molecule has 2 nitrogen and oxygen atoms in total. The van der Waals surface area contributed by atoms with E-state index in [1.165, 1.54) is 23.8 Å². The molecule has 0 amide bonds. The molecule has 0 saturated carbocycles. The molecule has 0 aliphatic heterocycles. The van der Waals surface area contributed by atoms with Crippen molar-refractivity contribution in [2.75, 3.05) is 7.11 Å². The third-order valence-corrected chi connectivity index (χ3v) is 4.35. The molecule has 1 unspecified atom stereocenters. The highest BCUT2D eigenvalue weighted by Gasteiger charge is 2.41. The third kappa shape index (κ3) is 2.01. The van der Waals surface area contributed by atoms with Gasteiger partial charge in [0, 0.05) is 5.41 Å². The van der Waals surface area contributed by atoms with Crippen molar-refractivity contribution >= 4 is 5.97 Å². The van der Waals surface area contributed by atoms with E-state index in [1.54, 1.807) is 0 Å². The zero-order chi connectivity index (χ0) is 14.0. The van der Waals surface area contributed by atoms with Gasteiger partial charge in [0.1, 0.15) is 0 Å². The molecule has 0 saturated heterocycles. The summed E-state index contributed by atoms with van der Waals surface area (Å²) in [4.78, 5) is 11.9. The minimum absolute atomic E-state index is 0.148. The molecule has 0 bridgehead atoms. The predicted molar refractivity (Wildman–Crippen MR) is 78.6 cm³/mol. The zero-order valence-corrected chi connectivity index (χ0v) is 11.6. The Balaban J connectivity index is 2.13. The molecule has 1 aliphatic rings. The highest BCUT2D eigenvalue weighted by Crippen LogP contribution is 2.46. The molecular formula is C18H18O2. The van der Waals surface area contributed by atoms with Crippen LogP contribution in [0.2, 0.25) is 0 Å². The van der Waals surface area contributed by atoms with Gasteiger partial charge in [-0.1, -0.05) is 54.6 Å². The van der Waals surface area contributed by atoms with Gasteiger partial charge in [0.25, 0.3) is 0 Å². The molecule has 102 valence electrons. The molecule has 1 atom stereocenters. The fourth-order valence-electron chi connectivity index (χ4n) is 3.35. The van der Waals surface area contributed by atoms with Gasteiger partial charge in [-0.25, -0.2) is 0 Å². The lowest BCUT2D eigenvalue weighted by atomic mass is 9.73. The quantitative estimate of drug-likeness (QED) is 0.795. The molecule has 0 radical (unpaired) electrons. The van der Waals surface area contributed by atoms with Crippen molar-refractivity contribution in [2.45, 2.75) is 24.7 Å². The number of benzene rings is 2. The summed E-state index contributed by atoms with van der Waals surface area (Å²) in [5, 5.41) is 0. The summed E-state index contributed by atoms with van der Waals surface area (Å²) in [7, 11) is 1.46.